The fourth-order valence-electron chi connectivity index (χ4n) is 1.93. The van der Waals surface area contributed by atoms with Gasteiger partial charge in [-0.2, -0.15) is 0 Å². The molecule has 0 unspecified atom stereocenters. The van der Waals surface area contributed by atoms with E-state index in [1.165, 1.54) is 18.4 Å². The average molecular weight is 333 g/mol. The molecule has 6 nitrogen and oxygen atoms in total. The van der Waals surface area contributed by atoms with Gasteiger partial charge in [-0.1, -0.05) is 55.5 Å². The standard InChI is InChI=1S/C16H19N3O3S/c1-10(2)9-12(20)17-15-18-13(11-7-5-4-6-8-11)14(23-15)19-16(21)22-3/h4-8,10H,9H2,1-3H3,(H,19,21)(H,17,18,20). The number of nitrogens with zero attached hydrogens (tertiary/aromatic N) is 1. The van der Waals surface area contributed by atoms with E-state index in [-0.39, 0.29) is 11.8 Å². The smallest absolute Gasteiger partial charge is 0.412 e. The minimum atomic E-state index is -0.578. The Morgan fingerprint density at radius 1 is 1.22 bits per heavy atom. The maximum absolute atomic E-state index is 11.9. The van der Waals surface area contributed by atoms with Gasteiger partial charge in [0.1, 0.15) is 10.7 Å². The van der Waals surface area contributed by atoms with Crippen molar-refractivity contribution < 1.29 is 14.3 Å². The first-order valence-electron chi connectivity index (χ1n) is 7.20. The molecule has 0 saturated carbocycles. The minimum absolute atomic E-state index is 0.0991. The van der Waals surface area contributed by atoms with E-state index in [1.54, 1.807) is 0 Å². The van der Waals surface area contributed by atoms with Crippen molar-refractivity contribution in [3.63, 3.8) is 0 Å². The van der Waals surface area contributed by atoms with Crippen LogP contribution in [0.4, 0.5) is 14.9 Å². The van der Waals surface area contributed by atoms with Crippen LogP contribution in [0.5, 0.6) is 0 Å². The summed E-state index contributed by atoms with van der Waals surface area (Å²) < 4.78 is 4.63. The van der Waals surface area contributed by atoms with Crippen molar-refractivity contribution in [1.29, 1.82) is 0 Å². The monoisotopic (exact) mass is 333 g/mol. The summed E-state index contributed by atoms with van der Waals surface area (Å²) in [5, 5.41) is 6.38. The molecule has 1 aromatic heterocycles. The number of methoxy groups -OCH3 is 1. The van der Waals surface area contributed by atoms with Gasteiger partial charge in [0.2, 0.25) is 5.91 Å². The summed E-state index contributed by atoms with van der Waals surface area (Å²) in [6.07, 6.45) is -0.161. The van der Waals surface area contributed by atoms with Crippen molar-refractivity contribution >= 4 is 33.5 Å². The molecule has 0 atom stereocenters. The van der Waals surface area contributed by atoms with E-state index in [1.807, 2.05) is 44.2 Å². The van der Waals surface area contributed by atoms with Crippen LogP contribution in [-0.2, 0) is 9.53 Å². The highest BCUT2D eigenvalue weighted by Gasteiger charge is 2.17. The molecular formula is C16H19N3O3S. The third kappa shape index (κ3) is 4.79. The molecule has 2 N–H and O–H groups in total. The molecule has 0 bridgehead atoms. The van der Waals surface area contributed by atoms with Gasteiger partial charge >= 0.3 is 6.09 Å². The summed E-state index contributed by atoms with van der Waals surface area (Å²) in [7, 11) is 1.30. The van der Waals surface area contributed by atoms with Crippen molar-refractivity contribution in [2.75, 3.05) is 17.7 Å². The molecule has 0 aliphatic carbocycles. The lowest BCUT2D eigenvalue weighted by molar-refractivity contribution is -0.116. The number of thiazole rings is 1. The summed E-state index contributed by atoms with van der Waals surface area (Å²) in [6, 6.07) is 9.43. The predicted molar refractivity (Wildman–Crippen MR) is 91.7 cm³/mol. The van der Waals surface area contributed by atoms with E-state index in [0.29, 0.717) is 22.2 Å². The molecule has 0 spiro atoms. The fraction of sp³-hybridized carbons (Fsp3) is 0.312. The first-order valence-corrected chi connectivity index (χ1v) is 8.02. The Hall–Kier alpha value is -2.41. The van der Waals surface area contributed by atoms with Gasteiger partial charge in [0.15, 0.2) is 5.13 Å². The second-order valence-corrected chi connectivity index (χ2v) is 6.32. The largest absolute Gasteiger partial charge is 0.453 e. The van der Waals surface area contributed by atoms with E-state index in [9.17, 15) is 9.59 Å². The fourth-order valence-corrected chi connectivity index (χ4v) is 2.82. The molecule has 2 aromatic rings. The second kappa shape index (κ2) is 7.73. The van der Waals surface area contributed by atoms with E-state index < -0.39 is 6.09 Å². The Morgan fingerprint density at radius 3 is 2.52 bits per heavy atom. The Labute approximate surface area is 138 Å². The molecular weight excluding hydrogens is 314 g/mol. The van der Waals surface area contributed by atoms with Crippen LogP contribution in [-0.4, -0.2) is 24.1 Å². The summed E-state index contributed by atoms with van der Waals surface area (Å²) >= 11 is 1.20. The van der Waals surface area contributed by atoms with E-state index in [0.717, 1.165) is 5.56 Å². The van der Waals surface area contributed by atoms with Crippen LogP contribution in [0.2, 0.25) is 0 Å². The van der Waals surface area contributed by atoms with Crippen molar-refractivity contribution in [1.82, 2.24) is 4.98 Å². The van der Waals surface area contributed by atoms with Crippen LogP contribution in [0, 0.1) is 5.92 Å². The Bertz CT molecular complexity index is 683. The minimum Gasteiger partial charge on any atom is -0.453 e. The number of hydrogen-bond acceptors (Lipinski definition) is 5. The maximum atomic E-state index is 11.9. The van der Waals surface area contributed by atoms with Gasteiger partial charge in [0.25, 0.3) is 0 Å². The highest BCUT2D eigenvalue weighted by atomic mass is 32.1. The molecule has 0 aliphatic heterocycles. The summed E-state index contributed by atoms with van der Waals surface area (Å²) in [5.41, 5.74) is 1.44. The molecule has 2 rings (SSSR count). The van der Waals surface area contributed by atoms with Gasteiger partial charge < -0.3 is 10.1 Å². The van der Waals surface area contributed by atoms with Crippen LogP contribution >= 0.6 is 11.3 Å². The van der Waals surface area contributed by atoms with Gasteiger partial charge in [-0.05, 0) is 5.92 Å². The van der Waals surface area contributed by atoms with Crippen LogP contribution < -0.4 is 10.6 Å². The Morgan fingerprint density at radius 2 is 1.91 bits per heavy atom. The Balaban J connectivity index is 2.28. The average Bonchev–Trinajstić information content (AvgIpc) is 2.89. The molecule has 1 aromatic carbocycles. The van der Waals surface area contributed by atoms with Crippen molar-refractivity contribution in [3.8, 4) is 11.3 Å². The number of anilines is 2. The zero-order valence-electron chi connectivity index (χ0n) is 13.3. The number of rotatable bonds is 5. The topological polar surface area (TPSA) is 80.3 Å². The third-order valence-electron chi connectivity index (χ3n) is 2.92. The Kier molecular flexibility index (Phi) is 5.70. The normalized spacial score (nSPS) is 10.4. The number of carbonyl (C=O) groups is 2. The van der Waals surface area contributed by atoms with Gasteiger partial charge in [0.05, 0.1) is 7.11 Å². The first kappa shape index (κ1) is 17.0. The maximum Gasteiger partial charge on any atom is 0.412 e. The van der Waals surface area contributed by atoms with Gasteiger partial charge in [-0.25, -0.2) is 9.78 Å². The SMILES string of the molecule is COC(=O)Nc1sc(NC(=O)CC(C)C)nc1-c1ccccc1. The number of ether oxygens (including phenoxy) is 1. The number of amides is 2. The van der Waals surface area contributed by atoms with E-state index in [2.05, 4.69) is 20.4 Å². The highest BCUT2D eigenvalue weighted by molar-refractivity contribution is 7.20. The molecule has 0 fully saturated rings. The summed E-state index contributed by atoms with van der Waals surface area (Å²) in [4.78, 5) is 27.8. The predicted octanol–water partition coefficient (Wildman–Crippen LogP) is 3.97. The zero-order valence-corrected chi connectivity index (χ0v) is 14.1. The second-order valence-electron chi connectivity index (χ2n) is 5.33. The highest BCUT2D eigenvalue weighted by Crippen LogP contribution is 2.36. The van der Waals surface area contributed by atoms with Crippen LogP contribution in [0.1, 0.15) is 20.3 Å². The lowest BCUT2D eigenvalue weighted by Gasteiger charge is -2.03. The molecule has 122 valence electrons. The third-order valence-corrected chi connectivity index (χ3v) is 3.80. The number of benzene rings is 1. The van der Waals surface area contributed by atoms with Gasteiger partial charge in [0, 0.05) is 12.0 Å². The lowest BCUT2D eigenvalue weighted by Crippen LogP contribution is -2.13. The molecule has 0 radical (unpaired) electrons. The number of aromatic nitrogens is 1. The zero-order chi connectivity index (χ0) is 16.8. The van der Waals surface area contributed by atoms with E-state index >= 15 is 0 Å². The van der Waals surface area contributed by atoms with E-state index in [4.69, 9.17) is 0 Å². The van der Waals surface area contributed by atoms with Crippen LogP contribution in [0.25, 0.3) is 11.3 Å². The number of carbonyl (C=O) groups excluding carboxylic acids is 2. The summed E-state index contributed by atoms with van der Waals surface area (Å²) in [5.74, 6) is 0.161. The van der Waals surface area contributed by atoms with Crippen molar-refractivity contribution in [2.45, 2.75) is 20.3 Å². The molecule has 1 heterocycles. The lowest BCUT2D eigenvalue weighted by atomic mass is 10.1. The van der Waals surface area contributed by atoms with Crippen LogP contribution in [0.15, 0.2) is 30.3 Å². The van der Waals surface area contributed by atoms with Crippen molar-refractivity contribution in [3.05, 3.63) is 30.3 Å². The van der Waals surface area contributed by atoms with Crippen molar-refractivity contribution in [2.24, 2.45) is 5.92 Å². The molecule has 0 aliphatic rings. The molecule has 2 amide bonds. The van der Waals surface area contributed by atoms with Gasteiger partial charge in [-0.15, -0.1) is 0 Å². The molecule has 23 heavy (non-hydrogen) atoms. The number of nitrogens with one attached hydrogen (secondary N) is 2. The molecule has 7 heteroatoms. The summed E-state index contributed by atoms with van der Waals surface area (Å²) in [6.45, 7) is 3.95. The first-order chi connectivity index (χ1) is 11.0. The molecule has 0 saturated heterocycles. The quantitative estimate of drug-likeness (QED) is 0.867. The van der Waals surface area contributed by atoms with Gasteiger partial charge in [-0.3, -0.25) is 10.1 Å². The number of hydrogen-bond donors (Lipinski definition) is 2. The van der Waals surface area contributed by atoms with Crippen LogP contribution in [0.3, 0.4) is 0 Å².